The van der Waals surface area contributed by atoms with E-state index in [0.29, 0.717) is 30.8 Å². The van der Waals surface area contributed by atoms with E-state index in [4.69, 9.17) is 9.47 Å². The highest BCUT2D eigenvalue weighted by Gasteiger charge is 2.29. The maximum atomic E-state index is 14.1. The summed E-state index contributed by atoms with van der Waals surface area (Å²) < 4.78 is 27.2. The van der Waals surface area contributed by atoms with Gasteiger partial charge >= 0.3 is 0 Å². The smallest absolute Gasteiger partial charge is 0.291 e. The number of benzene rings is 2. The fourth-order valence-corrected chi connectivity index (χ4v) is 3.61. The zero-order valence-corrected chi connectivity index (χ0v) is 18.2. The number of nitrogens with zero attached hydrogens (tertiary/aromatic N) is 3. The number of aldehydes is 1. The Balaban J connectivity index is 1.46. The van der Waals surface area contributed by atoms with Gasteiger partial charge in [0.2, 0.25) is 5.82 Å². The predicted octanol–water partition coefficient (Wildman–Crippen LogP) is 2.26. The summed E-state index contributed by atoms with van der Waals surface area (Å²) in [4.78, 5) is 28.7. The second-order valence-corrected chi connectivity index (χ2v) is 7.58. The van der Waals surface area contributed by atoms with Crippen LogP contribution in [-0.4, -0.2) is 53.3 Å². The number of carbonyl (C=O) groups excluding carboxylic acids is 2. The average molecular weight is 453 g/mol. The highest BCUT2D eigenvalue weighted by molar-refractivity contribution is 5.92. The third kappa shape index (κ3) is 4.85. The van der Waals surface area contributed by atoms with Crippen LogP contribution in [0.25, 0.3) is 0 Å². The first-order valence-corrected chi connectivity index (χ1v) is 10.5. The van der Waals surface area contributed by atoms with Crippen molar-refractivity contribution in [2.75, 3.05) is 25.6 Å². The highest BCUT2D eigenvalue weighted by atomic mass is 19.1. The SMILES string of the molecule is CNc1c(F)cc(C)cc1OC[C@@H](C=O)NC(=O)c1nc2n(n1)CCOC2c1ccccc1. The Morgan fingerprint density at radius 3 is 2.88 bits per heavy atom. The van der Waals surface area contributed by atoms with Gasteiger partial charge in [-0.15, -0.1) is 5.10 Å². The van der Waals surface area contributed by atoms with Crippen molar-refractivity contribution in [1.29, 1.82) is 0 Å². The largest absolute Gasteiger partial charge is 0.489 e. The first kappa shape index (κ1) is 22.4. The van der Waals surface area contributed by atoms with Crippen molar-refractivity contribution in [3.63, 3.8) is 0 Å². The molecule has 0 saturated heterocycles. The van der Waals surface area contributed by atoms with E-state index in [1.807, 2.05) is 30.3 Å². The molecule has 0 spiro atoms. The van der Waals surface area contributed by atoms with Crippen LogP contribution >= 0.6 is 0 Å². The molecule has 2 atom stereocenters. The second-order valence-electron chi connectivity index (χ2n) is 7.58. The summed E-state index contributed by atoms with van der Waals surface area (Å²) >= 11 is 0. The number of anilines is 1. The fourth-order valence-electron chi connectivity index (χ4n) is 3.61. The lowest BCUT2D eigenvalue weighted by atomic mass is 10.1. The Morgan fingerprint density at radius 1 is 1.36 bits per heavy atom. The molecule has 9 nitrogen and oxygen atoms in total. The summed E-state index contributed by atoms with van der Waals surface area (Å²) in [6.45, 7) is 2.44. The van der Waals surface area contributed by atoms with Crippen molar-refractivity contribution in [2.45, 2.75) is 25.6 Å². The molecule has 1 aromatic heterocycles. The summed E-state index contributed by atoms with van der Waals surface area (Å²) in [6.07, 6.45) is 0.116. The molecule has 1 amide bonds. The number of amides is 1. The lowest BCUT2D eigenvalue weighted by Crippen LogP contribution is -2.40. The van der Waals surface area contributed by atoms with E-state index in [1.165, 1.54) is 6.07 Å². The zero-order valence-electron chi connectivity index (χ0n) is 18.2. The molecule has 33 heavy (non-hydrogen) atoms. The van der Waals surface area contributed by atoms with E-state index in [0.717, 1.165) is 5.56 Å². The van der Waals surface area contributed by atoms with E-state index in [9.17, 15) is 14.0 Å². The Bertz CT molecular complexity index is 1150. The first-order chi connectivity index (χ1) is 16.0. The topological polar surface area (TPSA) is 107 Å². The molecular formula is C23H24FN5O4. The third-order valence-electron chi connectivity index (χ3n) is 5.18. The van der Waals surface area contributed by atoms with Crippen molar-refractivity contribution in [3.8, 4) is 5.75 Å². The van der Waals surface area contributed by atoms with Gasteiger partial charge in [0.25, 0.3) is 5.91 Å². The molecule has 0 bridgehead atoms. The van der Waals surface area contributed by atoms with Crippen LogP contribution in [-0.2, 0) is 16.1 Å². The van der Waals surface area contributed by atoms with Crippen LogP contribution in [0.2, 0.25) is 0 Å². The van der Waals surface area contributed by atoms with E-state index < -0.39 is 23.9 Å². The quantitative estimate of drug-likeness (QED) is 0.504. The second kappa shape index (κ2) is 9.78. The highest BCUT2D eigenvalue weighted by Crippen LogP contribution is 2.29. The summed E-state index contributed by atoms with van der Waals surface area (Å²) in [5.74, 6) is -0.392. The third-order valence-corrected chi connectivity index (χ3v) is 5.18. The lowest BCUT2D eigenvalue weighted by molar-refractivity contribution is -0.110. The summed E-state index contributed by atoms with van der Waals surface area (Å²) in [6, 6.07) is 11.6. The molecule has 0 radical (unpaired) electrons. The van der Waals surface area contributed by atoms with Gasteiger partial charge in [0.15, 0.2) is 5.82 Å². The summed E-state index contributed by atoms with van der Waals surface area (Å²) in [5, 5.41) is 9.57. The van der Waals surface area contributed by atoms with Crippen molar-refractivity contribution < 1.29 is 23.5 Å². The number of halogens is 1. The standard InChI is InChI=1S/C23H24FN5O4/c1-14-10-17(24)19(25-2)18(11-14)33-13-16(12-30)26-23(31)21-27-22-20(15-6-4-3-5-7-15)32-9-8-29(22)28-21/h3-7,10-12,16,20,25H,8-9,13H2,1-2H3,(H,26,31)/t16-,20?/m1/s1. The molecule has 0 fully saturated rings. The number of fused-ring (bicyclic) bond motifs is 1. The van der Waals surface area contributed by atoms with Gasteiger partial charge in [0, 0.05) is 7.05 Å². The van der Waals surface area contributed by atoms with Crippen molar-refractivity contribution in [1.82, 2.24) is 20.1 Å². The summed E-state index contributed by atoms with van der Waals surface area (Å²) in [7, 11) is 1.57. The minimum absolute atomic E-state index is 0.0687. The Hall–Kier alpha value is -3.79. The van der Waals surface area contributed by atoms with Gasteiger partial charge in [0.05, 0.1) is 13.2 Å². The Morgan fingerprint density at radius 2 is 2.15 bits per heavy atom. The van der Waals surface area contributed by atoms with Gasteiger partial charge in [-0.05, 0) is 30.2 Å². The van der Waals surface area contributed by atoms with Crippen LogP contribution < -0.4 is 15.4 Å². The van der Waals surface area contributed by atoms with E-state index in [-0.39, 0.29) is 23.9 Å². The summed E-state index contributed by atoms with van der Waals surface area (Å²) in [5.41, 5.74) is 1.74. The molecule has 1 aliphatic heterocycles. The molecule has 1 unspecified atom stereocenters. The van der Waals surface area contributed by atoms with E-state index in [2.05, 4.69) is 20.7 Å². The molecule has 3 aromatic rings. The van der Waals surface area contributed by atoms with Gasteiger partial charge in [-0.1, -0.05) is 30.3 Å². The van der Waals surface area contributed by atoms with E-state index >= 15 is 0 Å². The number of hydrogen-bond donors (Lipinski definition) is 2. The Labute approximate surface area is 189 Å². The maximum absolute atomic E-state index is 14.1. The van der Waals surface area contributed by atoms with Crippen LogP contribution in [0.15, 0.2) is 42.5 Å². The van der Waals surface area contributed by atoms with Crippen molar-refractivity contribution in [3.05, 3.63) is 71.1 Å². The molecule has 0 aliphatic carbocycles. The van der Waals surface area contributed by atoms with Crippen LogP contribution in [0.1, 0.15) is 33.7 Å². The normalized spacial score (nSPS) is 15.9. The molecule has 2 N–H and O–H groups in total. The van der Waals surface area contributed by atoms with Crippen molar-refractivity contribution in [2.24, 2.45) is 0 Å². The number of rotatable bonds is 8. The average Bonchev–Trinajstić information content (AvgIpc) is 3.26. The molecule has 172 valence electrons. The lowest BCUT2D eigenvalue weighted by Gasteiger charge is -2.22. The number of carbonyl (C=O) groups is 2. The molecule has 0 saturated carbocycles. The van der Waals surface area contributed by atoms with Crippen LogP contribution in [0.4, 0.5) is 10.1 Å². The first-order valence-electron chi connectivity index (χ1n) is 10.5. The maximum Gasteiger partial charge on any atom is 0.291 e. The van der Waals surface area contributed by atoms with Gasteiger partial charge in [-0.2, -0.15) is 0 Å². The van der Waals surface area contributed by atoms with Gasteiger partial charge in [-0.3, -0.25) is 4.79 Å². The number of aromatic nitrogens is 3. The monoisotopic (exact) mass is 453 g/mol. The molecule has 2 heterocycles. The molecule has 10 heteroatoms. The van der Waals surface area contributed by atoms with Gasteiger partial charge < -0.3 is 24.9 Å². The molecule has 4 rings (SSSR count). The molecular weight excluding hydrogens is 429 g/mol. The number of nitrogens with one attached hydrogen (secondary N) is 2. The molecule has 2 aromatic carbocycles. The van der Waals surface area contributed by atoms with Gasteiger partial charge in [0.1, 0.15) is 42.3 Å². The predicted molar refractivity (Wildman–Crippen MR) is 118 cm³/mol. The van der Waals surface area contributed by atoms with Gasteiger partial charge in [-0.25, -0.2) is 14.1 Å². The minimum Gasteiger partial charge on any atom is -0.489 e. The molecule has 1 aliphatic rings. The number of aryl methyl sites for hydroxylation is 1. The minimum atomic E-state index is -0.979. The zero-order chi connectivity index (χ0) is 23.4. The van der Waals surface area contributed by atoms with Crippen LogP contribution in [0.5, 0.6) is 5.75 Å². The number of hydrogen-bond acceptors (Lipinski definition) is 7. The number of ether oxygens (including phenoxy) is 2. The fraction of sp³-hybridized carbons (Fsp3) is 0.304. The van der Waals surface area contributed by atoms with Crippen LogP contribution in [0, 0.1) is 12.7 Å². The van der Waals surface area contributed by atoms with E-state index in [1.54, 1.807) is 24.7 Å². The van der Waals surface area contributed by atoms with Crippen LogP contribution in [0.3, 0.4) is 0 Å². The van der Waals surface area contributed by atoms with Crippen molar-refractivity contribution >= 4 is 17.9 Å². The Kier molecular flexibility index (Phi) is 6.64.